The molecule has 0 aliphatic heterocycles. The summed E-state index contributed by atoms with van der Waals surface area (Å²) in [5.41, 5.74) is 2.13. The highest BCUT2D eigenvalue weighted by Crippen LogP contribution is 2.22. The number of hydrogen-bond donors (Lipinski definition) is 0. The zero-order valence-electron chi connectivity index (χ0n) is 16.1. The molecule has 1 aromatic heterocycles. The minimum absolute atomic E-state index is 0.280. The molecular formula is C22H24FN3O2. The highest BCUT2D eigenvalue weighted by atomic mass is 19.1. The Balaban J connectivity index is 1.54. The Kier molecular flexibility index (Phi) is 6.78. The quantitative estimate of drug-likeness (QED) is 0.514. The lowest BCUT2D eigenvalue weighted by molar-refractivity contribution is 0.217. The Bertz CT molecular complexity index is 870. The van der Waals surface area contributed by atoms with Crippen molar-refractivity contribution in [3.63, 3.8) is 0 Å². The number of anilines is 1. The van der Waals surface area contributed by atoms with Gasteiger partial charge >= 0.3 is 0 Å². The van der Waals surface area contributed by atoms with Crippen LogP contribution in [0.4, 0.5) is 10.1 Å². The summed E-state index contributed by atoms with van der Waals surface area (Å²) in [6.45, 7) is 6.35. The second-order valence-electron chi connectivity index (χ2n) is 6.30. The normalized spacial score (nSPS) is 10.5. The number of ether oxygens (including phenoxy) is 2. The number of aromatic nitrogens is 2. The molecule has 1 heterocycles. The fourth-order valence-corrected chi connectivity index (χ4v) is 2.73. The topological polar surface area (TPSA) is 47.5 Å². The molecule has 0 aliphatic rings. The lowest BCUT2D eigenvalue weighted by atomic mass is 10.2. The van der Waals surface area contributed by atoms with Crippen LogP contribution in [-0.2, 0) is 6.54 Å². The number of aryl methyl sites for hydroxylation is 1. The van der Waals surface area contributed by atoms with Gasteiger partial charge in [0.15, 0.2) is 0 Å². The average Bonchev–Trinajstić information content (AvgIpc) is 2.72. The molecule has 5 nitrogen and oxygen atoms in total. The molecule has 0 spiro atoms. The second kappa shape index (κ2) is 9.69. The highest BCUT2D eigenvalue weighted by Gasteiger charge is 2.07. The highest BCUT2D eigenvalue weighted by molar-refractivity contribution is 5.51. The van der Waals surface area contributed by atoms with Crippen LogP contribution in [0.3, 0.4) is 0 Å². The van der Waals surface area contributed by atoms with Crippen molar-refractivity contribution in [3.8, 4) is 11.5 Å². The molecule has 0 saturated carbocycles. The summed E-state index contributed by atoms with van der Waals surface area (Å²) in [6.07, 6.45) is 3.72. The summed E-state index contributed by atoms with van der Waals surface area (Å²) in [6, 6.07) is 13.9. The molecule has 0 amide bonds. The smallest absolute Gasteiger partial charge is 0.125 e. The van der Waals surface area contributed by atoms with E-state index in [0.717, 1.165) is 35.9 Å². The van der Waals surface area contributed by atoms with Gasteiger partial charge in [0.1, 0.15) is 36.4 Å². The Morgan fingerprint density at radius 1 is 0.929 bits per heavy atom. The molecule has 2 aromatic carbocycles. The third-order valence-electron chi connectivity index (χ3n) is 4.21. The van der Waals surface area contributed by atoms with E-state index < -0.39 is 0 Å². The van der Waals surface area contributed by atoms with Crippen LogP contribution in [0.5, 0.6) is 11.5 Å². The molecule has 3 rings (SSSR count). The van der Waals surface area contributed by atoms with Crippen LogP contribution in [-0.4, -0.2) is 29.7 Å². The molecule has 146 valence electrons. The molecule has 0 atom stereocenters. The molecule has 28 heavy (non-hydrogen) atoms. The van der Waals surface area contributed by atoms with Gasteiger partial charge < -0.3 is 14.4 Å². The average molecular weight is 381 g/mol. The second-order valence-corrected chi connectivity index (χ2v) is 6.30. The Morgan fingerprint density at radius 3 is 2.29 bits per heavy atom. The fourth-order valence-electron chi connectivity index (χ4n) is 2.73. The van der Waals surface area contributed by atoms with Gasteiger partial charge in [-0.05, 0) is 50.2 Å². The van der Waals surface area contributed by atoms with Crippen molar-refractivity contribution < 1.29 is 13.9 Å². The van der Waals surface area contributed by atoms with Gasteiger partial charge in [-0.15, -0.1) is 0 Å². The lowest BCUT2D eigenvalue weighted by Crippen LogP contribution is -2.22. The summed E-state index contributed by atoms with van der Waals surface area (Å²) >= 11 is 0. The summed E-state index contributed by atoms with van der Waals surface area (Å²) in [4.78, 5) is 10.8. The van der Waals surface area contributed by atoms with E-state index in [-0.39, 0.29) is 5.82 Å². The molecule has 0 bridgehead atoms. The van der Waals surface area contributed by atoms with Crippen molar-refractivity contribution in [2.24, 2.45) is 0 Å². The van der Waals surface area contributed by atoms with Gasteiger partial charge in [0, 0.05) is 42.8 Å². The van der Waals surface area contributed by atoms with Gasteiger partial charge in [0.2, 0.25) is 0 Å². The first-order valence-electron chi connectivity index (χ1n) is 9.27. The van der Waals surface area contributed by atoms with E-state index in [1.807, 2.05) is 37.5 Å². The number of rotatable bonds is 9. The van der Waals surface area contributed by atoms with Crippen LogP contribution in [0, 0.1) is 12.7 Å². The third kappa shape index (κ3) is 5.67. The van der Waals surface area contributed by atoms with E-state index in [1.165, 1.54) is 12.1 Å². The maximum absolute atomic E-state index is 12.9. The van der Waals surface area contributed by atoms with Gasteiger partial charge in [-0.1, -0.05) is 6.07 Å². The van der Waals surface area contributed by atoms with Crippen LogP contribution in [0.25, 0.3) is 0 Å². The molecule has 0 aliphatic carbocycles. The Morgan fingerprint density at radius 2 is 1.61 bits per heavy atom. The van der Waals surface area contributed by atoms with Gasteiger partial charge in [0.25, 0.3) is 0 Å². The lowest BCUT2D eigenvalue weighted by Gasteiger charge is -2.23. The van der Waals surface area contributed by atoms with Crippen LogP contribution in [0.1, 0.15) is 18.3 Å². The van der Waals surface area contributed by atoms with E-state index in [4.69, 9.17) is 9.47 Å². The monoisotopic (exact) mass is 381 g/mol. The van der Waals surface area contributed by atoms with Gasteiger partial charge in [-0.3, -0.25) is 0 Å². The minimum Gasteiger partial charge on any atom is -0.490 e. The van der Waals surface area contributed by atoms with Crippen LogP contribution >= 0.6 is 0 Å². The predicted octanol–water partition coefficient (Wildman–Crippen LogP) is 4.41. The first-order valence-corrected chi connectivity index (χ1v) is 9.27. The summed E-state index contributed by atoms with van der Waals surface area (Å²) < 4.78 is 24.2. The van der Waals surface area contributed by atoms with E-state index in [9.17, 15) is 4.39 Å². The first kappa shape index (κ1) is 19.6. The standard InChI is InChI=1S/C22H24FN3O2/c1-3-26(16-18-14-24-17(2)25-15-18)20-5-4-6-22(13-20)28-12-11-27-21-9-7-19(23)8-10-21/h4-10,13-15H,3,11-12,16H2,1-2H3. The van der Waals surface area contributed by atoms with Gasteiger partial charge in [-0.25, -0.2) is 14.4 Å². The third-order valence-corrected chi connectivity index (χ3v) is 4.21. The fraction of sp³-hybridized carbons (Fsp3) is 0.273. The van der Waals surface area contributed by atoms with Crippen molar-refractivity contribution in [1.82, 2.24) is 9.97 Å². The molecule has 0 radical (unpaired) electrons. The van der Waals surface area contributed by atoms with Crippen molar-refractivity contribution in [2.45, 2.75) is 20.4 Å². The molecule has 0 saturated heterocycles. The minimum atomic E-state index is -0.280. The summed E-state index contributed by atoms with van der Waals surface area (Å²) in [7, 11) is 0. The SMILES string of the molecule is CCN(Cc1cnc(C)nc1)c1cccc(OCCOc2ccc(F)cc2)c1. The zero-order valence-corrected chi connectivity index (χ0v) is 16.1. The van der Waals surface area contributed by atoms with Crippen LogP contribution in [0.2, 0.25) is 0 Å². The summed E-state index contributed by atoms with van der Waals surface area (Å²) in [5, 5.41) is 0. The molecule has 6 heteroatoms. The predicted molar refractivity (Wildman–Crippen MR) is 107 cm³/mol. The van der Waals surface area contributed by atoms with Crippen LogP contribution in [0.15, 0.2) is 60.9 Å². The zero-order chi connectivity index (χ0) is 19.8. The summed E-state index contributed by atoms with van der Waals surface area (Å²) in [5.74, 6) is 1.89. The van der Waals surface area contributed by atoms with Crippen molar-refractivity contribution in [1.29, 1.82) is 0 Å². The molecule has 3 aromatic rings. The van der Waals surface area contributed by atoms with Crippen molar-refractivity contribution >= 4 is 5.69 Å². The molecule has 0 unspecified atom stereocenters. The maximum atomic E-state index is 12.9. The first-order chi connectivity index (χ1) is 13.6. The molecule has 0 fully saturated rings. The maximum Gasteiger partial charge on any atom is 0.125 e. The molecule has 0 N–H and O–H groups in total. The van der Waals surface area contributed by atoms with E-state index in [1.54, 1.807) is 12.1 Å². The number of halogens is 1. The number of hydrogen-bond acceptors (Lipinski definition) is 5. The van der Waals surface area contributed by atoms with E-state index >= 15 is 0 Å². The van der Waals surface area contributed by atoms with E-state index in [2.05, 4.69) is 27.9 Å². The van der Waals surface area contributed by atoms with Crippen LogP contribution < -0.4 is 14.4 Å². The van der Waals surface area contributed by atoms with Gasteiger partial charge in [-0.2, -0.15) is 0 Å². The number of benzene rings is 2. The molecular weight excluding hydrogens is 357 g/mol. The van der Waals surface area contributed by atoms with Gasteiger partial charge in [0.05, 0.1) is 0 Å². The van der Waals surface area contributed by atoms with E-state index in [0.29, 0.717) is 19.0 Å². The Labute approximate surface area is 164 Å². The Hall–Kier alpha value is -3.15. The van der Waals surface area contributed by atoms with Crippen molar-refractivity contribution in [3.05, 3.63) is 78.1 Å². The number of nitrogens with zero attached hydrogens (tertiary/aromatic N) is 3. The van der Waals surface area contributed by atoms with Crippen molar-refractivity contribution in [2.75, 3.05) is 24.7 Å². The largest absolute Gasteiger partial charge is 0.490 e.